The largest absolute Gasteiger partial charge is 0.296 e. The molecule has 2 heterocycles. The van der Waals surface area contributed by atoms with E-state index < -0.39 is 0 Å². The van der Waals surface area contributed by atoms with Crippen LogP contribution in [-0.4, -0.2) is 21.1 Å². The number of aromatic amines is 1. The number of thiazole rings is 1. The standard InChI is InChI=1S/C13H16N4OS/c1-7-8(2)19-13(14-7)15-12(18)11-9-5-3-4-6-10(9)16-17-11/h3-6H2,1-2H3,(H,16,17)(H,14,15,18). The molecule has 0 unspecified atom stereocenters. The summed E-state index contributed by atoms with van der Waals surface area (Å²) in [7, 11) is 0. The normalized spacial score (nSPS) is 14.2. The molecule has 5 nitrogen and oxygen atoms in total. The number of rotatable bonds is 2. The van der Waals surface area contributed by atoms with Crippen molar-refractivity contribution in [3.63, 3.8) is 0 Å². The minimum atomic E-state index is -0.159. The number of anilines is 1. The predicted molar refractivity (Wildman–Crippen MR) is 74.8 cm³/mol. The number of amides is 1. The molecular weight excluding hydrogens is 260 g/mol. The highest BCUT2D eigenvalue weighted by molar-refractivity contribution is 7.15. The maximum absolute atomic E-state index is 12.2. The van der Waals surface area contributed by atoms with Crippen molar-refractivity contribution in [1.29, 1.82) is 0 Å². The molecular formula is C13H16N4OS. The van der Waals surface area contributed by atoms with E-state index in [2.05, 4.69) is 20.5 Å². The Balaban J connectivity index is 1.82. The van der Waals surface area contributed by atoms with Gasteiger partial charge in [0.1, 0.15) is 0 Å². The number of carbonyl (C=O) groups is 1. The molecule has 0 fully saturated rings. The molecule has 3 rings (SSSR count). The van der Waals surface area contributed by atoms with Crippen LogP contribution in [0.15, 0.2) is 0 Å². The van der Waals surface area contributed by atoms with Crippen LogP contribution in [0.2, 0.25) is 0 Å². The van der Waals surface area contributed by atoms with Gasteiger partial charge in [-0.25, -0.2) is 4.98 Å². The first-order valence-corrected chi connectivity index (χ1v) is 7.28. The van der Waals surface area contributed by atoms with Crippen LogP contribution in [-0.2, 0) is 12.8 Å². The highest BCUT2D eigenvalue weighted by atomic mass is 32.1. The van der Waals surface area contributed by atoms with E-state index in [0.717, 1.165) is 41.1 Å². The van der Waals surface area contributed by atoms with Crippen molar-refractivity contribution in [1.82, 2.24) is 15.2 Å². The van der Waals surface area contributed by atoms with E-state index in [9.17, 15) is 4.79 Å². The first-order valence-electron chi connectivity index (χ1n) is 6.46. The van der Waals surface area contributed by atoms with Crippen LogP contribution in [0, 0.1) is 13.8 Å². The van der Waals surface area contributed by atoms with Crippen LogP contribution in [0.4, 0.5) is 5.13 Å². The Labute approximate surface area is 115 Å². The summed E-state index contributed by atoms with van der Waals surface area (Å²) in [5.74, 6) is -0.159. The fourth-order valence-corrected chi connectivity index (χ4v) is 3.16. The Morgan fingerprint density at radius 1 is 1.32 bits per heavy atom. The zero-order chi connectivity index (χ0) is 13.4. The summed E-state index contributed by atoms with van der Waals surface area (Å²) >= 11 is 1.50. The van der Waals surface area contributed by atoms with Gasteiger partial charge in [0.2, 0.25) is 0 Å². The smallest absolute Gasteiger partial charge is 0.278 e. The van der Waals surface area contributed by atoms with Gasteiger partial charge < -0.3 is 0 Å². The zero-order valence-electron chi connectivity index (χ0n) is 11.0. The molecule has 2 N–H and O–H groups in total. The van der Waals surface area contributed by atoms with Crippen molar-refractivity contribution in [3.8, 4) is 0 Å². The first kappa shape index (κ1) is 12.3. The van der Waals surface area contributed by atoms with E-state index >= 15 is 0 Å². The molecule has 0 aliphatic heterocycles. The number of hydrogen-bond acceptors (Lipinski definition) is 4. The minimum Gasteiger partial charge on any atom is -0.296 e. The second-order valence-corrected chi connectivity index (χ2v) is 6.05. The first-order chi connectivity index (χ1) is 9.15. The Morgan fingerprint density at radius 3 is 2.84 bits per heavy atom. The van der Waals surface area contributed by atoms with E-state index in [1.165, 1.54) is 17.8 Å². The molecule has 0 saturated carbocycles. The lowest BCUT2D eigenvalue weighted by Crippen LogP contribution is -2.15. The van der Waals surface area contributed by atoms with Crippen molar-refractivity contribution < 1.29 is 4.79 Å². The number of carbonyl (C=O) groups excluding carboxylic acids is 1. The lowest BCUT2D eigenvalue weighted by atomic mass is 9.96. The fourth-order valence-electron chi connectivity index (χ4n) is 2.35. The zero-order valence-corrected chi connectivity index (χ0v) is 11.9. The van der Waals surface area contributed by atoms with E-state index in [1.54, 1.807) is 0 Å². The fraction of sp³-hybridized carbons (Fsp3) is 0.462. The van der Waals surface area contributed by atoms with Crippen molar-refractivity contribution >= 4 is 22.4 Å². The van der Waals surface area contributed by atoms with Gasteiger partial charge in [-0.1, -0.05) is 0 Å². The molecule has 2 aromatic heterocycles. The Bertz CT molecular complexity index is 609. The number of nitrogens with one attached hydrogen (secondary N) is 2. The summed E-state index contributed by atoms with van der Waals surface area (Å²) in [6, 6.07) is 0. The van der Waals surface area contributed by atoms with Crippen LogP contribution in [0.5, 0.6) is 0 Å². The lowest BCUT2D eigenvalue weighted by Gasteiger charge is -2.10. The van der Waals surface area contributed by atoms with Gasteiger partial charge in [0.25, 0.3) is 5.91 Å². The highest BCUT2D eigenvalue weighted by Gasteiger charge is 2.22. The summed E-state index contributed by atoms with van der Waals surface area (Å²) in [4.78, 5) is 17.7. The molecule has 100 valence electrons. The van der Waals surface area contributed by atoms with Crippen LogP contribution >= 0.6 is 11.3 Å². The minimum absolute atomic E-state index is 0.159. The number of nitrogens with zero attached hydrogens (tertiary/aromatic N) is 2. The van der Waals surface area contributed by atoms with Gasteiger partial charge in [-0.2, -0.15) is 5.10 Å². The molecule has 1 aliphatic carbocycles. The average Bonchev–Trinajstić information content (AvgIpc) is 2.94. The van der Waals surface area contributed by atoms with Crippen LogP contribution in [0.3, 0.4) is 0 Å². The third-order valence-corrected chi connectivity index (χ3v) is 4.51. The van der Waals surface area contributed by atoms with E-state index in [1.807, 2.05) is 13.8 Å². The molecule has 2 aromatic rings. The second kappa shape index (κ2) is 4.77. The van der Waals surface area contributed by atoms with Crippen molar-refractivity contribution in [3.05, 3.63) is 27.5 Å². The number of hydrogen-bond donors (Lipinski definition) is 2. The number of fused-ring (bicyclic) bond motifs is 1. The van der Waals surface area contributed by atoms with Crippen molar-refractivity contribution in [2.24, 2.45) is 0 Å². The van der Waals surface area contributed by atoms with Crippen LogP contribution in [0.1, 0.15) is 45.2 Å². The molecule has 19 heavy (non-hydrogen) atoms. The molecule has 0 radical (unpaired) electrons. The topological polar surface area (TPSA) is 70.7 Å². The molecule has 0 spiro atoms. The Kier molecular flexibility index (Phi) is 3.10. The van der Waals surface area contributed by atoms with E-state index in [4.69, 9.17) is 0 Å². The van der Waals surface area contributed by atoms with Gasteiger partial charge in [-0.3, -0.25) is 15.2 Å². The summed E-state index contributed by atoms with van der Waals surface area (Å²) < 4.78 is 0. The summed E-state index contributed by atoms with van der Waals surface area (Å²) in [5.41, 5.74) is 3.68. The van der Waals surface area contributed by atoms with Crippen LogP contribution in [0.25, 0.3) is 0 Å². The third-order valence-electron chi connectivity index (χ3n) is 3.52. The van der Waals surface area contributed by atoms with Crippen molar-refractivity contribution in [2.45, 2.75) is 39.5 Å². The van der Waals surface area contributed by atoms with Gasteiger partial charge in [-0.15, -0.1) is 11.3 Å². The summed E-state index contributed by atoms with van der Waals surface area (Å²) in [6.45, 7) is 3.94. The predicted octanol–water partition coefficient (Wildman–Crippen LogP) is 2.61. The van der Waals surface area contributed by atoms with Gasteiger partial charge in [-0.05, 0) is 39.5 Å². The SMILES string of the molecule is Cc1nc(NC(=O)c2n[nH]c3c2CCCC3)sc1C. The maximum Gasteiger partial charge on any atom is 0.278 e. The molecule has 0 bridgehead atoms. The van der Waals surface area contributed by atoms with Gasteiger partial charge in [0.15, 0.2) is 10.8 Å². The van der Waals surface area contributed by atoms with Gasteiger partial charge >= 0.3 is 0 Å². The van der Waals surface area contributed by atoms with E-state index in [0.29, 0.717) is 10.8 Å². The summed E-state index contributed by atoms with van der Waals surface area (Å²) in [5, 5.41) is 10.6. The quantitative estimate of drug-likeness (QED) is 0.885. The van der Waals surface area contributed by atoms with E-state index in [-0.39, 0.29) is 5.91 Å². The van der Waals surface area contributed by atoms with Gasteiger partial charge in [0.05, 0.1) is 5.69 Å². The Hall–Kier alpha value is -1.69. The Morgan fingerprint density at radius 2 is 2.11 bits per heavy atom. The number of aromatic nitrogens is 3. The molecule has 6 heteroatoms. The second-order valence-electron chi connectivity index (χ2n) is 4.85. The lowest BCUT2D eigenvalue weighted by molar-refractivity contribution is 0.102. The van der Waals surface area contributed by atoms with Crippen molar-refractivity contribution in [2.75, 3.05) is 5.32 Å². The maximum atomic E-state index is 12.2. The highest BCUT2D eigenvalue weighted by Crippen LogP contribution is 2.25. The number of H-pyrrole nitrogens is 1. The third kappa shape index (κ3) is 2.28. The van der Waals surface area contributed by atoms with Gasteiger partial charge in [0, 0.05) is 16.1 Å². The molecule has 0 atom stereocenters. The summed E-state index contributed by atoms with van der Waals surface area (Å²) in [6.07, 6.45) is 4.22. The molecule has 0 saturated heterocycles. The molecule has 0 aromatic carbocycles. The average molecular weight is 276 g/mol. The number of aryl methyl sites for hydroxylation is 3. The monoisotopic (exact) mass is 276 g/mol. The molecule has 1 aliphatic rings. The van der Waals surface area contributed by atoms with Crippen LogP contribution < -0.4 is 5.32 Å². The molecule has 1 amide bonds.